The topological polar surface area (TPSA) is 112 Å². The van der Waals surface area contributed by atoms with Crippen LogP contribution in [0.25, 0.3) is 11.7 Å². The van der Waals surface area contributed by atoms with Crippen molar-refractivity contribution in [3.05, 3.63) is 52.8 Å². The molecule has 3 heterocycles. The molecule has 1 aromatic carbocycles. The molecule has 9 nitrogen and oxygen atoms in total. The second-order valence-corrected chi connectivity index (χ2v) is 7.67. The molecule has 2 fully saturated rings. The number of benzene rings is 1. The minimum Gasteiger partial charge on any atom is -0.367 e. The van der Waals surface area contributed by atoms with Crippen molar-refractivity contribution in [3.63, 3.8) is 0 Å². The van der Waals surface area contributed by atoms with E-state index in [0.717, 1.165) is 24.3 Å². The van der Waals surface area contributed by atoms with E-state index in [1.807, 2.05) is 24.3 Å². The van der Waals surface area contributed by atoms with Crippen LogP contribution >= 0.6 is 11.6 Å². The van der Waals surface area contributed by atoms with E-state index in [-0.39, 0.29) is 5.70 Å². The molecule has 2 aromatic heterocycles. The van der Waals surface area contributed by atoms with E-state index in [2.05, 4.69) is 31.3 Å². The third-order valence-corrected chi connectivity index (χ3v) is 5.31. The summed E-state index contributed by atoms with van der Waals surface area (Å²) < 4.78 is 1.70. The van der Waals surface area contributed by atoms with Gasteiger partial charge in [0.2, 0.25) is 0 Å². The number of hydrogen-bond donors (Lipinski definition) is 4. The maximum Gasteiger partial charge on any atom is 0.326 e. The SMILES string of the molecule is O=C1NC(=O)/C(=C/c2cnn3c(NC4CCC4)cc(Nc4cccc(Cl)c4)nc23)N1. The molecular formula is C20H18ClN7O2. The Hall–Kier alpha value is -3.59. The van der Waals surface area contributed by atoms with Crippen LogP contribution in [0, 0.1) is 0 Å². The fraction of sp³-hybridized carbons (Fsp3) is 0.200. The van der Waals surface area contributed by atoms with Crippen molar-refractivity contribution in [1.82, 2.24) is 25.2 Å². The standard InChI is InChI=1S/C20H18ClN7O2/c21-12-3-1-6-14(8-12)23-16-9-17(24-13-4-2-5-13)28-18(26-16)11(10-22-28)7-15-19(29)27-20(30)25-15/h1,3,6-10,13,24H,2,4-5H2,(H,23,26)(H2,25,27,29,30)/b15-7-. The van der Waals surface area contributed by atoms with E-state index >= 15 is 0 Å². The maximum absolute atomic E-state index is 11.9. The van der Waals surface area contributed by atoms with Crippen LogP contribution in [0.3, 0.4) is 0 Å². The van der Waals surface area contributed by atoms with Crippen molar-refractivity contribution in [2.45, 2.75) is 25.3 Å². The van der Waals surface area contributed by atoms with Gasteiger partial charge in [-0.3, -0.25) is 10.1 Å². The monoisotopic (exact) mass is 423 g/mol. The Morgan fingerprint density at radius 3 is 2.77 bits per heavy atom. The first-order chi connectivity index (χ1) is 14.5. The zero-order valence-electron chi connectivity index (χ0n) is 15.8. The number of carbonyl (C=O) groups excluding carboxylic acids is 2. The van der Waals surface area contributed by atoms with Crippen LogP contribution in [0.4, 0.5) is 22.1 Å². The summed E-state index contributed by atoms with van der Waals surface area (Å²) in [4.78, 5) is 28.0. The van der Waals surface area contributed by atoms with E-state index in [4.69, 9.17) is 11.6 Å². The number of rotatable bonds is 5. The van der Waals surface area contributed by atoms with Gasteiger partial charge in [-0.1, -0.05) is 17.7 Å². The number of anilines is 3. The van der Waals surface area contributed by atoms with Gasteiger partial charge in [-0.25, -0.2) is 9.78 Å². The molecule has 5 rings (SSSR count). The summed E-state index contributed by atoms with van der Waals surface area (Å²) in [6, 6.07) is 9.09. The summed E-state index contributed by atoms with van der Waals surface area (Å²) >= 11 is 6.09. The first-order valence-corrected chi connectivity index (χ1v) is 9.95. The van der Waals surface area contributed by atoms with Crippen molar-refractivity contribution in [2.75, 3.05) is 10.6 Å². The Balaban J connectivity index is 1.57. The third-order valence-electron chi connectivity index (χ3n) is 5.07. The number of hydrogen-bond acceptors (Lipinski definition) is 6. The molecule has 2 aliphatic rings. The van der Waals surface area contributed by atoms with E-state index in [9.17, 15) is 9.59 Å². The number of halogens is 1. The fourth-order valence-corrected chi connectivity index (χ4v) is 3.55. The zero-order valence-corrected chi connectivity index (χ0v) is 16.5. The van der Waals surface area contributed by atoms with Crippen molar-refractivity contribution < 1.29 is 9.59 Å². The van der Waals surface area contributed by atoms with Crippen molar-refractivity contribution in [2.24, 2.45) is 0 Å². The lowest BCUT2D eigenvalue weighted by molar-refractivity contribution is -0.115. The molecule has 152 valence electrons. The van der Waals surface area contributed by atoms with Gasteiger partial charge in [0, 0.05) is 28.4 Å². The number of amides is 3. The summed E-state index contributed by atoms with van der Waals surface area (Å²) in [5, 5.41) is 16.5. The van der Waals surface area contributed by atoms with Gasteiger partial charge in [0.1, 0.15) is 17.3 Å². The molecular weight excluding hydrogens is 406 g/mol. The predicted octanol–water partition coefficient (Wildman–Crippen LogP) is 3.27. The van der Waals surface area contributed by atoms with Crippen LogP contribution in [-0.2, 0) is 4.79 Å². The van der Waals surface area contributed by atoms with Crippen LogP contribution in [-0.4, -0.2) is 32.6 Å². The highest BCUT2D eigenvalue weighted by Gasteiger charge is 2.24. The third kappa shape index (κ3) is 3.55. The molecule has 4 N–H and O–H groups in total. The van der Waals surface area contributed by atoms with Crippen LogP contribution in [0.15, 0.2) is 42.2 Å². The quantitative estimate of drug-likeness (QED) is 0.370. The summed E-state index contributed by atoms with van der Waals surface area (Å²) in [6.07, 6.45) is 6.58. The molecule has 1 aliphatic heterocycles. The number of aromatic nitrogens is 3. The highest BCUT2D eigenvalue weighted by Crippen LogP contribution is 2.28. The van der Waals surface area contributed by atoms with Crippen LogP contribution in [0.2, 0.25) is 5.02 Å². The van der Waals surface area contributed by atoms with Crippen molar-refractivity contribution in [3.8, 4) is 0 Å². The first-order valence-electron chi connectivity index (χ1n) is 9.57. The lowest BCUT2D eigenvalue weighted by Crippen LogP contribution is -2.28. The first kappa shape index (κ1) is 18.4. The number of carbonyl (C=O) groups is 2. The van der Waals surface area contributed by atoms with Gasteiger partial charge in [0.15, 0.2) is 5.65 Å². The number of imide groups is 1. The van der Waals surface area contributed by atoms with Gasteiger partial charge in [-0.05, 0) is 43.5 Å². The second-order valence-electron chi connectivity index (χ2n) is 7.24. The summed E-state index contributed by atoms with van der Waals surface area (Å²) in [5.41, 5.74) is 2.10. The molecule has 0 atom stereocenters. The predicted molar refractivity (Wildman–Crippen MR) is 114 cm³/mol. The van der Waals surface area contributed by atoms with Gasteiger partial charge in [0.05, 0.1) is 6.20 Å². The Labute approximate surface area is 176 Å². The van der Waals surface area contributed by atoms with E-state index < -0.39 is 11.9 Å². The largest absolute Gasteiger partial charge is 0.367 e. The minimum absolute atomic E-state index is 0.151. The van der Waals surface area contributed by atoms with E-state index in [1.54, 1.807) is 22.9 Å². The van der Waals surface area contributed by atoms with Crippen LogP contribution in [0.1, 0.15) is 24.8 Å². The molecule has 1 aliphatic carbocycles. The Morgan fingerprint density at radius 1 is 1.20 bits per heavy atom. The number of urea groups is 1. The average molecular weight is 424 g/mol. The smallest absolute Gasteiger partial charge is 0.326 e. The zero-order chi connectivity index (χ0) is 20.7. The Morgan fingerprint density at radius 2 is 2.07 bits per heavy atom. The molecule has 10 heteroatoms. The highest BCUT2D eigenvalue weighted by atomic mass is 35.5. The van der Waals surface area contributed by atoms with Gasteiger partial charge in [-0.15, -0.1) is 0 Å². The second kappa shape index (κ2) is 7.34. The molecule has 0 radical (unpaired) electrons. The maximum atomic E-state index is 11.9. The minimum atomic E-state index is -0.550. The molecule has 1 saturated heterocycles. The van der Waals surface area contributed by atoms with E-state index in [0.29, 0.717) is 28.1 Å². The van der Waals surface area contributed by atoms with Crippen LogP contribution in [0.5, 0.6) is 0 Å². The summed E-state index contributed by atoms with van der Waals surface area (Å²) in [6.45, 7) is 0. The molecule has 30 heavy (non-hydrogen) atoms. The lowest BCUT2D eigenvalue weighted by Gasteiger charge is -2.27. The lowest BCUT2D eigenvalue weighted by atomic mass is 9.93. The average Bonchev–Trinajstić information content (AvgIpc) is 3.21. The Bertz CT molecular complexity index is 1200. The fourth-order valence-electron chi connectivity index (χ4n) is 3.36. The number of fused-ring (bicyclic) bond motifs is 1. The number of nitrogens with zero attached hydrogens (tertiary/aromatic N) is 3. The van der Waals surface area contributed by atoms with Gasteiger partial charge in [-0.2, -0.15) is 9.61 Å². The molecule has 0 spiro atoms. The van der Waals surface area contributed by atoms with Crippen molar-refractivity contribution >= 4 is 52.6 Å². The van der Waals surface area contributed by atoms with Crippen molar-refractivity contribution in [1.29, 1.82) is 0 Å². The van der Waals surface area contributed by atoms with Gasteiger partial charge >= 0.3 is 6.03 Å². The molecule has 1 saturated carbocycles. The number of nitrogens with one attached hydrogen (secondary N) is 4. The van der Waals surface area contributed by atoms with Gasteiger partial charge in [0.25, 0.3) is 5.91 Å². The molecule has 0 unspecified atom stereocenters. The molecule has 3 amide bonds. The van der Waals surface area contributed by atoms with Crippen LogP contribution < -0.4 is 21.3 Å². The molecule has 3 aromatic rings. The normalized spacial score (nSPS) is 17.7. The highest BCUT2D eigenvalue weighted by molar-refractivity contribution is 6.30. The summed E-state index contributed by atoms with van der Waals surface area (Å²) in [7, 11) is 0. The molecule has 0 bridgehead atoms. The summed E-state index contributed by atoms with van der Waals surface area (Å²) in [5.74, 6) is 0.908. The Kier molecular flexibility index (Phi) is 4.51. The van der Waals surface area contributed by atoms with Gasteiger partial charge < -0.3 is 16.0 Å². The van der Waals surface area contributed by atoms with E-state index in [1.165, 1.54) is 6.42 Å².